The molecule has 0 saturated heterocycles. The Balaban J connectivity index is 1.85. The van der Waals surface area contributed by atoms with Crippen LogP contribution in [0.1, 0.15) is 46.2 Å². The highest BCUT2D eigenvalue weighted by atomic mass is 19.4. The number of hydrogen-bond donors (Lipinski definition) is 2. The molecule has 3 nitrogen and oxygen atoms in total. The van der Waals surface area contributed by atoms with Gasteiger partial charge in [0.05, 0.1) is 5.56 Å². The first kappa shape index (κ1) is 24.5. The summed E-state index contributed by atoms with van der Waals surface area (Å²) in [6, 6.07) is 18.5. The van der Waals surface area contributed by atoms with Gasteiger partial charge in [0, 0.05) is 13.0 Å². The molecule has 1 amide bonds. The van der Waals surface area contributed by atoms with Crippen LogP contribution in [0, 0.1) is 12.7 Å². The van der Waals surface area contributed by atoms with E-state index in [1.165, 1.54) is 18.2 Å². The molecular formula is C26H26F4N2O. The maximum absolute atomic E-state index is 13.8. The number of likely N-dealkylation sites (N-methyl/N-ethyl adjacent to an activating group) is 1. The Bertz CT molecular complexity index is 1070. The monoisotopic (exact) mass is 458 g/mol. The summed E-state index contributed by atoms with van der Waals surface area (Å²) in [6.07, 6.45) is -3.92. The number of hydrogen-bond acceptors (Lipinski definition) is 2. The zero-order valence-electron chi connectivity index (χ0n) is 18.4. The Kier molecular flexibility index (Phi) is 7.87. The number of rotatable bonds is 8. The molecule has 2 N–H and O–H groups in total. The minimum Gasteiger partial charge on any atom is -0.358 e. The zero-order valence-corrected chi connectivity index (χ0v) is 18.4. The number of aryl methyl sites for hydroxylation is 1. The summed E-state index contributed by atoms with van der Waals surface area (Å²) in [5.74, 6) is -0.808. The molecule has 174 valence electrons. The van der Waals surface area contributed by atoms with Gasteiger partial charge in [-0.15, -0.1) is 0 Å². The fourth-order valence-electron chi connectivity index (χ4n) is 3.84. The third-order valence-electron chi connectivity index (χ3n) is 5.65. The smallest absolute Gasteiger partial charge is 0.358 e. The maximum Gasteiger partial charge on any atom is 0.416 e. The van der Waals surface area contributed by atoms with Crippen molar-refractivity contribution in [3.05, 3.63) is 106 Å². The summed E-state index contributed by atoms with van der Waals surface area (Å²) in [4.78, 5) is 12.4. The van der Waals surface area contributed by atoms with Crippen molar-refractivity contribution in [2.45, 2.75) is 31.5 Å². The molecule has 0 aromatic heterocycles. The fraction of sp³-hybridized carbons (Fsp3) is 0.269. The lowest BCUT2D eigenvalue weighted by Gasteiger charge is -2.22. The van der Waals surface area contributed by atoms with E-state index in [0.29, 0.717) is 24.1 Å². The molecule has 2 atom stereocenters. The van der Waals surface area contributed by atoms with E-state index in [1.54, 1.807) is 26.1 Å². The van der Waals surface area contributed by atoms with Crippen LogP contribution in [0.3, 0.4) is 0 Å². The molecular weight excluding hydrogens is 432 g/mol. The van der Waals surface area contributed by atoms with Crippen molar-refractivity contribution in [2.24, 2.45) is 0 Å². The number of nitrogens with one attached hydrogen (secondary N) is 2. The van der Waals surface area contributed by atoms with Crippen LogP contribution >= 0.6 is 0 Å². The van der Waals surface area contributed by atoms with Gasteiger partial charge in [-0.05, 0) is 60.3 Å². The molecule has 3 aromatic carbocycles. The fourth-order valence-corrected chi connectivity index (χ4v) is 3.84. The predicted molar refractivity (Wildman–Crippen MR) is 120 cm³/mol. The molecule has 0 aliphatic heterocycles. The van der Waals surface area contributed by atoms with Crippen molar-refractivity contribution in [1.82, 2.24) is 10.6 Å². The average molecular weight is 458 g/mol. The molecule has 0 saturated carbocycles. The van der Waals surface area contributed by atoms with Crippen molar-refractivity contribution >= 4 is 5.91 Å². The van der Waals surface area contributed by atoms with Crippen molar-refractivity contribution in [3.63, 3.8) is 0 Å². The van der Waals surface area contributed by atoms with Gasteiger partial charge >= 0.3 is 6.18 Å². The lowest BCUT2D eigenvalue weighted by molar-refractivity contribution is -0.137. The van der Waals surface area contributed by atoms with E-state index in [9.17, 15) is 22.4 Å². The molecule has 7 heteroatoms. The Hall–Kier alpha value is -3.19. The van der Waals surface area contributed by atoms with Crippen LogP contribution in [0.2, 0.25) is 0 Å². The van der Waals surface area contributed by atoms with Crippen LogP contribution in [-0.4, -0.2) is 19.5 Å². The third kappa shape index (κ3) is 6.20. The second-order valence-corrected chi connectivity index (χ2v) is 7.88. The minimum atomic E-state index is -4.42. The number of benzene rings is 3. The summed E-state index contributed by atoms with van der Waals surface area (Å²) < 4.78 is 52.9. The quantitative estimate of drug-likeness (QED) is 0.422. The van der Waals surface area contributed by atoms with Crippen LogP contribution in [0.15, 0.2) is 72.8 Å². The molecule has 3 aromatic rings. The van der Waals surface area contributed by atoms with Crippen LogP contribution in [0.4, 0.5) is 17.6 Å². The Morgan fingerprint density at radius 2 is 1.55 bits per heavy atom. The van der Waals surface area contributed by atoms with Gasteiger partial charge < -0.3 is 10.6 Å². The first-order chi connectivity index (χ1) is 15.7. The zero-order chi connectivity index (χ0) is 24.0. The first-order valence-electron chi connectivity index (χ1n) is 10.6. The first-order valence-corrected chi connectivity index (χ1v) is 10.6. The van der Waals surface area contributed by atoms with Crippen LogP contribution < -0.4 is 10.6 Å². The number of amides is 1. The van der Waals surface area contributed by atoms with E-state index in [-0.39, 0.29) is 17.6 Å². The Labute approximate surface area is 190 Å². The van der Waals surface area contributed by atoms with Gasteiger partial charge in [-0.3, -0.25) is 4.79 Å². The SMILES string of the molecule is CNC(=O)[C@H](NCC[C@H](c1ccc(C(F)(F)F)cc1)c1ccc(F)c(C)c1)c1ccccc1. The van der Waals surface area contributed by atoms with Gasteiger partial charge in [-0.1, -0.05) is 54.6 Å². The summed E-state index contributed by atoms with van der Waals surface area (Å²) in [7, 11) is 1.56. The molecule has 33 heavy (non-hydrogen) atoms. The number of carbonyl (C=O) groups excluding carboxylic acids is 1. The lowest BCUT2D eigenvalue weighted by Crippen LogP contribution is -2.36. The van der Waals surface area contributed by atoms with Crippen molar-refractivity contribution in [1.29, 1.82) is 0 Å². The molecule has 0 spiro atoms. The summed E-state index contributed by atoms with van der Waals surface area (Å²) in [5.41, 5.74) is 2.03. The van der Waals surface area contributed by atoms with E-state index >= 15 is 0 Å². The highest BCUT2D eigenvalue weighted by Gasteiger charge is 2.30. The summed E-state index contributed by atoms with van der Waals surface area (Å²) >= 11 is 0. The molecule has 0 unspecified atom stereocenters. The van der Waals surface area contributed by atoms with E-state index < -0.39 is 17.8 Å². The largest absolute Gasteiger partial charge is 0.416 e. The van der Waals surface area contributed by atoms with E-state index in [4.69, 9.17) is 0 Å². The van der Waals surface area contributed by atoms with E-state index in [2.05, 4.69) is 10.6 Å². The highest BCUT2D eigenvalue weighted by Crippen LogP contribution is 2.33. The van der Waals surface area contributed by atoms with Crippen LogP contribution in [-0.2, 0) is 11.0 Å². The van der Waals surface area contributed by atoms with E-state index in [0.717, 1.165) is 23.3 Å². The molecule has 0 heterocycles. The highest BCUT2D eigenvalue weighted by molar-refractivity contribution is 5.82. The Morgan fingerprint density at radius 1 is 0.909 bits per heavy atom. The molecule has 0 radical (unpaired) electrons. The molecule has 0 aliphatic rings. The standard InChI is InChI=1S/C26H26F4N2O/c1-17-16-20(10-13-23(17)27)22(18-8-11-21(12-9-18)26(28,29)30)14-15-32-24(25(33)31-2)19-6-4-3-5-7-19/h3-13,16,22,24,32H,14-15H2,1-2H3,(H,31,33)/t22-,24-/m1/s1. The van der Waals surface area contributed by atoms with Crippen LogP contribution in [0.5, 0.6) is 0 Å². The minimum absolute atomic E-state index is 0.190. The predicted octanol–water partition coefficient (Wildman–Crippen LogP) is 5.75. The topological polar surface area (TPSA) is 41.1 Å². The second-order valence-electron chi connectivity index (χ2n) is 7.88. The van der Waals surface area contributed by atoms with Gasteiger partial charge in [0.2, 0.25) is 5.91 Å². The van der Waals surface area contributed by atoms with Crippen molar-refractivity contribution in [2.75, 3.05) is 13.6 Å². The molecule has 3 rings (SSSR count). The van der Waals surface area contributed by atoms with Gasteiger partial charge in [-0.2, -0.15) is 13.2 Å². The maximum atomic E-state index is 13.8. The summed E-state index contributed by atoms with van der Waals surface area (Å²) in [6.45, 7) is 2.06. The molecule has 0 bridgehead atoms. The van der Waals surface area contributed by atoms with Crippen molar-refractivity contribution in [3.8, 4) is 0 Å². The number of alkyl halides is 3. The average Bonchev–Trinajstić information content (AvgIpc) is 2.81. The van der Waals surface area contributed by atoms with Gasteiger partial charge in [-0.25, -0.2) is 4.39 Å². The van der Waals surface area contributed by atoms with Gasteiger partial charge in [0.25, 0.3) is 0 Å². The van der Waals surface area contributed by atoms with E-state index in [1.807, 2.05) is 30.3 Å². The van der Waals surface area contributed by atoms with Gasteiger partial charge in [0.1, 0.15) is 11.9 Å². The number of carbonyl (C=O) groups is 1. The lowest BCUT2D eigenvalue weighted by atomic mass is 9.87. The summed E-state index contributed by atoms with van der Waals surface area (Å²) in [5, 5.41) is 5.90. The normalized spacial score (nSPS) is 13.4. The van der Waals surface area contributed by atoms with Gasteiger partial charge in [0.15, 0.2) is 0 Å². The Morgan fingerprint density at radius 3 is 2.12 bits per heavy atom. The number of halogens is 4. The second kappa shape index (κ2) is 10.6. The molecule has 0 fully saturated rings. The molecule has 0 aliphatic carbocycles. The van der Waals surface area contributed by atoms with Crippen LogP contribution in [0.25, 0.3) is 0 Å². The van der Waals surface area contributed by atoms with Crippen molar-refractivity contribution < 1.29 is 22.4 Å². The third-order valence-corrected chi connectivity index (χ3v) is 5.65.